The number of nitrogens with zero attached hydrogens (tertiary/aromatic N) is 7. The highest BCUT2D eigenvalue weighted by Gasteiger charge is 2.38. The quantitative estimate of drug-likeness (QED) is 0.278. The van der Waals surface area contributed by atoms with E-state index in [1.165, 1.54) is 4.68 Å². The number of carbonyl (C=O) groups excluding carboxylic acids is 1. The number of hydrogen-bond acceptors (Lipinski definition) is 9. The van der Waals surface area contributed by atoms with Crippen molar-refractivity contribution in [3.63, 3.8) is 0 Å². The average Bonchev–Trinajstić information content (AvgIpc) is 3.51. The number of amides is 1. The SMILES string of the molecule is CCn1nc(C)cc1-c1nc(-c2cc(C(N)=O)cc3c2cnn3C)nn1COP(=O)(OC(C)(C)C)OC(C)(C)C. The van der Waals surface area contributed by atoms with Crippen LogP contribution in [0.4, 0.5) is 0 Å². The molecule has 2 N–H and O–H groups in total. The van der Waals surface area contributed by atoms with Gasteiger partial charge >= 0.3 is 7.82 Å². The molecule has 0 spiro atoms. The summed E-state index contributed by atoms with van der Waals surface area (Å²) in [5.41, 5.74) is 7.01. The molecule has 4 aromatic rings. The number of phosphoric acid groups is 1. The number of aromatic nitrogens is 7. The van der Waals surface area contributed by atoms with Gasteiger partial charge in [-0.15, -0.1) is 5.10 Å². The van der Waals surface area contributed by atoms with E-state index in [1.807, 2.05) is 19.9 Å². The molecule has 0 unspecified atom stereocenters. The third kappa shape index (κ3) is 6.49. The number of carbonyl (C=O) groups is 1. The van der Waals surface area contributed by atoms with Gasteiger partial charge in [0.1, 0.15) is 5.69 Å². The lowest BCUT2D eigenvalue weighted by molar-refractivity contribution is -0.00738. The molecule has 0 bridgehead atoms. The minimum atomic E-state index is -4.06. The number of aryl methyl sites for hydroxylation is 3. The van der Waals surface area contributed by atoms with Gasteiger partial charge in [0, 0.05) is 30.1 Å². The van der Waals surface area contributed by atoms with Crippen molar-refractivity contribution in [2.45, 2.75) is 79.9 Å². The van der Waals surface area contributed by atoms with Gasteiger partial charge in [-0.25, -0.2) is 14.2 Å². The van der Waals surface area contributed by atoms with E-state index >= 15 is 0 Å². The van der Waals surface area contributed by atoms with Crippen LogP contribution < -0.4 is 5.73 Å². The third-order valence-corrected chi connectivity index (χ3v) is 7.58. The molecule has 0 saturated carbocycles. The molecule has 14 heteroatoms. The van der Waals surface area contributed by atoms with E-state index in [9.17, 15) is 9.36 Å². The van der Waals surface area contributed by atoms with Crippen LogP contribution in [-0.2, 0) is 38.5 Å². The Morgan fingerprint density at radius 3 is 2.25 bits per heavy atom. The summed E-state index contributed by atoms with van der Waals surface area (Å²) in [6.45, 7) is 14.7. The summed E-state index contributed by atoms with van der Waals surface area (Å²) >= 11 is 0. The first kappa shape index (κ1) is 29.6. The summed E-state index contributed by atoms with van der Waals surface area (Å²) in [6.07, 6.45) is 1.68. The van der Waals surface area contributed by atoms with Crippen molar-refractivity contribution < 1.29 is 22.9 Å². The topological polar surface area (TPSA) is 154 Å². The molecular formula is C26H37N8O5P. The Balaban J connectivity index is 1.86. The van der Waals surface area contributed by atoms with Gasteiger partial charge in [0.15, 0.2) is 18.4 Å². The van der Waals surface area contributed by atoms with E-state index in [0.29, 0.717) is 35.0 Å². The molecule has 3 heterocycles. The Hall–Kier alpha value is -3.38. The van der Waals surface area contributed by atoms with Crippen LogP contribution in [0.2, 0.25) is 0 Å². The fourth-order valence-corrected chi connectivity index (χ4v) is 5.88. The molecule has 216 valence electrons. The number of primary amides is 1. The molecule has 4 rings (SSSR count). The molecule has 40 heavy (non-hydrogen) atoms. The summed E-state index contributed by atoms with van der Waals surface area (Å²) < 4.78 is 36.1. The number of phosphoric ester groups is 1. The second-order valence-corrected chi connectivity index (χ2v) is 13.0. The minimum absolute atomic E-state index is 0.288. The standard InChI is InChI=1S/C26H37N8O5P/c1-10-33-21(11-16(2)30-33)24-29-23(18-12-17(22(27)35)13-20-19(18)14-28-32(20)9)31-34(24)15-37-40(36,38-25(3,4)5)39-26(6,7)8/h11-14H,10,15H2,1-9H3,(H2,27,35). The maximum atomic E-state index is 13.8. The number of benzene rings is 1. The zero-order valence-corrected chi connectivity index (χ0v) is 25.3. The second-order valence-electron chi connectivity index (χ2n) is 11.4. The largest absolute Gasteiger partial charge is 0.477 e. The van der Waals surface area contributed by atoms with E-state index in [-0.39, 0.29) is 12.3 Å². The van der Waals surface area contributed by atoms with Crippen molar-refractivity contribution in [2.24, 2.45) is 12.8 Å². The summed E-state index contributed by atoms with van der Waals surface area (Å²) in [6, 6.07) is 5.19. The predicted octanol–water partition coefficient (Wildman–Crippen LogP) is 4.83. The average molecular weight is 573 g/mol. The van der Waals surface area contributed by atoms with Gasteiger partial charge in [-0.3, -0.25) is 27.7 Å². The first-order chi connectivity index (χ1) is 18.5. The Labute approximate surface area is 233 Å². The highest BCUT2D eigenvalue weighted by Crippen LogP contribution is 2.55. The van der Waals surface area contributed by atoms with Gasteiger partial charge < -0.3 is 5.73 Å². The lowest BCUT2D eigenvalue weighted by Crippen LogP contribution is -2.25. The Morgan fingerprint density at radius 2 is 1.68 bits per heavy atom. The Morgan fingerprint density at radius 1 is 1.02 bits per heavy atom. The number of nitrogens with two attached hydrogens (primary N) is 1. The van der Waals surface area contributed by atoms with Crippen molar-refractivity contribution in [2.75, 3.05) is 0 Å². The van der Waals surface area contributed by atoms with Crippen LogP contribution in [0.5, 0.6) is 0 Å². The molecule has 1 amide bonds. The van der Waals surface area contributed by atoms with Gasteiger partial charge in [0.25, 0.3) is 0 Å². The molecule has 3 aromatic heterocycles. The van der Waals surface area contributed by atoms with Crippen molar-refractivity contribution in [1.82, 2.24) is 34.3 Å². The van der Waals surface area contributed by atoms with E-state index in [2.05, 4.69) is 10.2 Å². The number of hydrogen-bond donors (Lipinski definition) is 1. The maximum absolute atomic E-state index is 13.8. The van der Waals surface area contributed by atoms with Crippen LogP contribution in [0.1, 0.15) is 64.5 Å². The lowest BCUT2D eigenvalue weighted by Gasteiger charge is -2.30. The normalized spacial score (nSPS) is 12.9. The van der Waals surface area contributed by atoms with Gasteiger partial charge in [-0.05, 0) is 73.6 Å². The second kappa shape index (κ2) is 10.5. The molecule has 0 saturated heterocycles. The molecule has 0 aliphatic carbocycles. The fourth-order valence-electron chi connectivity index (χ4n) is 4.14. The predicted molar refractivity (Wildman–Crippen MR) is 150 cm³/mol. The molecular weight excluding hydrogens is 535 g/mol. The minimum Gasteiger partial charge on any atom is -0.366 e. The lowest BCUT2D eigenvalue weighted by atomic mass is 10.1. The number of fused-ring (bicyclic) bond motifs is 1. The van der Waals surface area contributed by atoms with Gasteiger partial charge in [0.05, 0.1) is 28.6 Å². The van der Waals surface area contributed by atoms with E-state index in [1.54, 1.807) is 76.3 Å². The van der Waals surface area contributed by atoms with Crippen molar-refractivity contribution in [3.05, 3.63) is 35.7 Å². The summed E-state index contributed by atoms with van der Waals surface area (Å²) in [4.78, 5) is 17.0. The van der Waals surface area contributed by atoms with E-state index in [0.717, 1.165) is 11.1 Å². The van der Waals surface area contributed by atoms with Crippen LogP contribution in [0.3, 0.4) is 0 Å². The summed E-state index contributed by atoms with van der Waals surface area (Å²) in [5, 5.41) is 14.3. The van der Waals surface area contributed by atoms with Gasteiger partial charge in [-0.2, -0.15) is 10.2 Å². The zero-order chi connectivity index (χ0) is 29.6. The zero-order valence-electron chi connectivity index (χ0n) is 24.4. The first-order valence-electron chi connectivity index (χ1n) is 12.9. The van der Waals surface area contributed by atoms with Crippen LogP contribution in [0.25, 0.3) is 33.8 Å². The highest BCUT2D eigenvalue weighted by atomic mass is 31.2. The van der Waals surface area contributed by atoms with Crippen molar-refractivity contribution in [3.8, 4) is 22.9 Å². The van der Waals surface area contributed by atoms with Crippen LogP contribution in [0.15, 0.2) is 24.4 Å². The van der Waals surface area contributed by atoms with Gasteiger partial charge in [0.2, 0.25) is 5.91 Å². The monoisotopic (exact) mass is 572 g/mol. The van der Waals surface area contributed by atoms with Gasteiger partial charge in [-0.1, -0.05) is 0 Å². The van der Waals surface area contributed by atoms with Crippen molar-refractivity contribution >= 4 is 24.6 Å². The Bertz CT molecular complexity index is 1590. The van der Waals surface area contributed by atoms with Crippen LogP contribution in [-0.4, -0.2) is 51.4 Å². The van der Waals surface area contributed by atoms with Crippen LogP contribution in [0, 0.1) is 6.92 Å². The molecule has 0 atom stereocenters. The van der Waals surface area contributed by atoms with E-state index in [4.69, 9.17) is 29.4 Å². The molecule has 13 nitrogen and oxygen atoms in total. The smallest absolute Gasteiger partial charge is 0.366 e. The summed E-state index contributed by atoms with van der Waals surface area (Å²) in [5.74, 6) is 0.119. The fraction of sp³-hybridized carbons (Fsp3) is 0.500. The molecule has 0 aliphatic rings. The molecule has 0 radical (unpaired) electrons. The highest BCUT2D eigenvalue weighted by molar-refractivity contribution is 7.48. The van der Waals surface area contributed by atoms with Crippen LogP contribution >= 0.6 is 7.82 Å². The third-order valence-electron chi connectivity index (χ3n) is 5.60. The molecule has 1 aromatic carbocycles. The molecule has 0 aliphatic heterocycles. The summed E-state index contributed by atoms with van der Waals surface area (Å²) in [7, 11) is -2.29. The molecule has 0 fully saturated rings. The number of rotatable bonds is 9. The first-order valence-corrected chi connectivity index (χ1v) is 14.4. The Kier molecular flexibility index (Phi) is 7.81. The van der Waals surface area contributed by atoms with E-state index < -0.39 is 24.9 Å². The van der Waals surface area contributed by atoms with Crippen molar-refractivity contribution in [1.29, 1.82) is 0 Å². The maximum Gasteiger partial charge on any atom is 0.477 e.